The molecule has 0 bridgehead atoms. The van der Waals surface area contributed by atoms with Crippen molar-refractivity contribution in [2.45, 2.75) is 31.8 Å². The highest BCUT2D eigenvalue weighted by Crippen LogP contribution is 2.12. The Hall–Kier alpha value is -0.130. The molecule has 2 unspecified atom stereocenters. The second-order valence-corrected chi connectivity index (χ2v) is 6.91. The van der Waals surface area contributed by atoms with E-state index in [1.807, 2.05) is 7.05 Å². The molecule has 0 amide bonds. The minimum Gasteiger partial charge on any atom is -0.313 e. The van der Waals surface area contributed by atoms with Gasteiger partial charge in [0.2, 0.25) is 0 Å². The molecule has 0 saturated carbocycles. The standard InChI is InChI=1S/C10H22N2O2S/c1-9-4-5-10(8-11-9)12(2)6-7-15(3,13)14/h9-11H,4-8H2,1-3H3. The van der Waals surface area contributed by atoms with Crippen LogP contribution in [0.5, 0.6) is 0 Å². The van der Waals surface area contributed by atoms with Gasteiger partial charge in [-0.25, -0.2) is 8.42 Å². The van der Waals surface area contributed by atoms with Crippen molar-refractivity contribution in [1.29, 1.82) is 0 Å². The lowest BCUT2D eigenvalue weighted by molar-refractivity contribution is 0.196. The molecule has 1 N–H and O–H groups in total. The van der Waals surface area contributed by atoms with Gasteiger partial charge in [-0.2, -0.15) is 0 Å². The molecule has 1 heterocycles. The summed E-state index contributed by atoms with van der Waals surface area (Å²) in [6, 6.07) is 1.09. The SMILES string of the molecule is CC1CCC(N(C)CCS(C)(=O)=O)CN1. The lowest BCUT2D eigenvalue weighted by atomic mass is 10.0. The zero-order valence-electron chi connectivity index (χ0n) is 9.86. The second kappa shape index (κ2) is 5.27. The van der Waals surface area contributed by atoms with Gasteiger partial charge in [0, 0.05) is 31.4 Å². The van der Waals surface area contributed by atoms with E-state index in [4.69, 9.17) is 0 Å². The first-order chi connectivity index (χ1) is 6.88. The Labute approximate surface area is 93.0 Å². The van der Waals surface area contributed by atoms with E-state index in [1.54, 1.807) is 0 Å². The predicted molar refractivity (Wildman–Crippen MR) is 62.8 cm³/mol. The number of piperidine rings is 1. The van der Waals surface area contributed by atoms with Crippen molar-refractivity contribution in [1.82, 2.24) is 10.2 Å². The van der Waals surface area contributed by atoms with Gasteiger partial charge >= 0.3 is 0 Å². The number of hydrogen-bond acceptors (Lipinski definition) is 4. The van der Waals surface area contributed by atoms with Crippen LogP contribution in [0.15, 0.2) is 0 Å². The van der Waals surface area contributed by atoms with Crippen LogP contribution in [0.3, 0.4) is 0 Å². The first kappa shape index (κ1) is 12.9. The molecule has 2 atom stereocenters. The summed E-state index contributed by atoms with van der Waals surface area (Å²) >= 11 is 0. The molecule has 1 saturated heterocycles. The van der Waals surface area contributed by atoms with Crippen LogP contribution in [-0.4, -0.2) is 57.5 Å². The highest BCUT2D eigenvalue weighted by Gasteiger charge is 2.21. The fourth-order valence-corrected chi connectivity index (χ4v) is 2.47. The highest BCUT2D eigenvalue weighted by atomic mass is 32.2. The zero-order valence-corrected chi connectivity index (χ0v) is 10.7. The summed E-state index contributed by atoms with van der Waals surface area (Å²) in [4.78, 5) is 2.15. The molecule has 1 aliphatic heterocycles. The van der Waals surface area contributed by atoms with Crippen molar-refractivity contribution in [3.8, 4) is 0 Å². The van der Waals surface area contributed by atoms with Gasteiger partial charge < -0.3 is 10.2 Å². The normalized spacial score (nSPS) is 28.3. The number of nitrogens with one attached hydrogen (secondary N) is 1. The van der Waals surface area contributed by atoms with Gasteiger partial charge in [0.15, 0.2) is 0 Å². The van der Waals surface area contributed by atoms with E-state index < -0.39 is 9.84 Å². The molecule has 0 spiro atoms. The Bertz CT molecular complexity index is 282. The minimum absolute atomic E-state index is 0.259. The van der Waals surface area contributed by atoms with Gasteiger partial charge in [-0.3, -0.25) is 0 Å². The van der Waals surface area contributed by atoms with E-state index >= 15 is 0 Å². The zero-order chi connectivity index (χ0) is 11.5. The maximum atomic E-state index is 11.0. The number of hydrogen-bond donors (Lipinski definition) is 1. The van der Waals surface area contributed by atoms with Crippen molar-refractivity contribution < 1.29 is 8.42 Å². The lowest BCUT2D eigenvalue weighted by Gasteiger charge is -2.34. The molecule has 1 fully saturated rings. The lowest BCUT2D eigenvalue weighted by Crippen LogP contribution is -2.48. The third kappa shape index (κ3) is 4.95. The molecule has 90 valence electrons. The number of sulfone groups is 1. The molecule has 0 radical (unpaired) electrons. The van der Waals surface area contributed by atoms with Crippen LogP contribution >= 0.6 is 0 Å². The summed E-state index contributed by atoms with van der Waals surface area (Å²) in [5.74, 6) is 0.259. The van der Waals surface area contributed by atoms with Crippen LogP contribution in [0.1, 0.15) is 19.8 Å². The van der Waals surface area contributed by atoms with Gasteiger partial charge in [-0.05, 0) is 26.8 Å². The Morgan fingerprint density at radius 2 is 2.07 bits per heavy atom. The van der Waals surface area contributed by atoms with Crippen molar-refractivity contribution in [3.63, 3.8) is 0 Å². The van der Waals surface area contributed by atoms with Crippen LogP contribution in [0, 0.1) is 0 Å². The smallest absolute Gasteiger partial charge is 0.148 e. The third-order valence-electron chi connectivity index (χ3n) is 3.07. The molecule has 1 rings (SSSR count). The quantitative estimate of drug-likeness (QED) is 0.750. The molecule has 0 aromatic carbocycles. The van der Waals surface area contributed by atoms with E-state index in [1.165, 1.54) is 12.7 Å². The van der Waals surface area contributed by atoms with Crippen LogP contribution in [0.2, 0.25) is 0 Å². The molecule has 4 nitrogen and oxygen atoms in total. The summed E-state index contributed by atoms with van der Waals surface area (Å²) in [5, 5.41) is 3.42. The Kier molecular flexibility index (Phi) is 4.55. The van der Waals surface area contributed by atoms with Gasteiger partial charge in [0.05, 0.1) is 5.75 Å². The van der Waals surface area contributed by atoms with Crippen molar-refractivity contribution in [2.24, 2.45) is 0 Å². The maximum absolute atomic E-state index is 11.0. The first-order valence-electron chi connectivity index (χ1n) is 5.50. The summed E-state index contributed by atoms with van der Waals surface area (Å²) in [7, 11) is -0.823. The summed E-state index contributed by atoms with van der Waals surface area (Å²) < 4.78 is 22.1. The fourth-order valence-electron chi connectivity index (χ4n) is 1.85. The number of nitrogens with zero attached hydrogens (tertiary/aromatic N) is 1. The van der Waals surface area contributed by atoms with Crippen LogP contribution in [0.4, 0.5) is 0 Å². The third-order valence-corrected chi connectivity index (χ3v) is 4.00. The monoisotopic (exact) mass is 234 g/mol. The van der Waals surface area contributed by atoms with Crippen LogP contribution < -0.4 is 5.32 Å². The van der Waals surface area contributed by atoms with Gasteiger partial charge in [-0.1, -0.05) is 0 Å². The average Bonchev–Trinajstić information content (AvgIpc) is 2.14. The van der Waals surface area contributed by atoms with E-state index in [2.05, 4.69) is 17.1 Å². The molecule has 5 heteroatoms. The average molecular weight is 234 g/mol. The van der Waals surface area contributed by atoms with Crippen LogP contribution in [-0.2, 0) is 9.84 Å². The molecule has 0 aromatic heterocycles. The Morgan fingerprint density at radius 3 is 2.53 bits per heavy atom. The van der Waals surface area contributed by atoms with Crippen molar-refractivity contribution >= 4 is 9.84 Å². The van der Waals surface area contributed by atoms with E-state index in [0.717, 1.165) is 13.0 Å². The van der Waals surface area contributed by atoms with E-state index in [9.17, 15) is 8.42 Å². The number of likely N-dealkylation sites (N-methyl/N-ethyl adjacent to an activating group) is 1. The van der Waals surface area contributed by atoms with E-state index in [0.29, 0.717) is 18.6 Å². The molecule has 1 aliphatic rings. The second-order valence-electron chi connectivity index (χ2n) is 4.65. The predicted octanol–water partition coefficient (Wildman–Crippen LogP) is 0.103. The molecule has 0 aromatic rings. The molecule has 15 heavy (non-hydrogen) atoms. The molecule has 0 aliphatic carbocycles. The van der Waals surface area contributed by atoms with Gasteiger partial charge in [0.25, 0.3) is 0 Å². The Balaban J connectivity index is 2.31. The van der Waals surface area contributed by atoms with E-state index in [-0.39, 0.29) is 5.75 Å². The van der Waals surface area contributed by atoms with Crippen molar-refractivity contribution in [3.05, 3.63) is 0 Å². The number of rotatable bonds is 4. The highest BCUT2D eigenvalue weighted by molar-refractivity contribution is 7.90. The summed E-state index contributed by atoms with van der Waals surface area (Å²) in [6.45, 7) is 3.80. The molecular weight excluding hydrogens is 212 g/mol. The van der Waals surface area contributed by atoms with Gasteiger partial charge in [0.1, 0.15) is 9.84 Å². The fraction of sp³-hybridized carbons (Fsp3) is 1.00. The van der Waals surface area contributed by atoms with Gasteiger partial charge in [-0.15, -0.1) is 0 Å². The molecular formula is C10H22N2O2S. The Morgan fingerprint density at radius 1 is 1.40 bits per heavy atom. The topological polar surface area (TPSA) is 49.4 Å². The summed E-state index contributed by atoms with van der Waals surface area (Å²) in [6.07, 6.45) is 3.63. The maximum Gasteiger partial charge on any atom is 0.148 e. The minimum atomic E-state index is -2.83. The first-order valence-corrected chi connectivity index (χ1v) is 7.56. The van der Waals surface area contributed by atoms with Crippen LogP contribution in [0.25, 0.3) is 0 Å². The summed E-state index contributed by atoms with van der Waals surface area (Å²) in [5.41, 5.74) is 0. The largest absolute Gasteiger partial charge is 0.313 e. The van der Waals surface area contributed by atoms with Crippen molar-refractivity contribution in [2.75, 3.05) is 32.1 Å².